The lowest BCUT2D eigenvalue weighted by molar-refractivity contribution is -0.148. The molecule has 0 fully saturated rings. The second-order valence-electron chi connectivity index (χ2n) is 5.66. The van der Waals surface area contributed by atoms with Crippen molar-refractivity contribution >= 4 is 5.97 Å². The van der Waals surface area contributed by atoms with Crippen molar-refractivity contribution in [2.24, 2.45) is 5.92 Å². The molecule has 0 aromatic heterocycles. The van der Waals surface area contributed by atoms with E-state index in [1.165, 1.54) is 7.11 Å². The molecule has 1 atom stereocenters. The van der Waals surface area contributed by atoms with Gasteiger partial charge in [0.2, 0.25) is 0 Å². The van der Waals surface area contributed by atoms with Gasteiger partial charge in [-0.25, -0.2) is 0 Å². The van der Waals surface area contributed by atoms with Gasteiger partial charge in [0.05, 0.1) is 7.11 Å². The molecule has 108 valence electrons. The minimum atomic E-state index is -0.573. The van der Waals surface area contributed by atoms with Crippen molar-refractivity contribution in [3.8, 4) is 0 Å². The molecule has 0 radical (unpaired) electrons. The van der Waals surface area contributed by atoms with Crippen molar-refractivity contribution in [3.63, 3.8) is 0 Å². The maximum Gasteiger partial charge on any atom is 0.325 e. The van der Waals surface area contributed by atoms with E-state index in [0.29, 0.717) is 5.92 Å². The molecule has 1 unspecified atom stereocenters. The molecule has 0 aromatic carbocycles. The molecule has 4 heteroatoms. The molecule has 0 aliphatic rings. The molecule has 0 aromatic rings. The topological polar surface area (TPSA) is 41.6 Å². The van der Waals surface area contributed by atoms with Crippen LogP contribution in [0.3, 0.4) is 0 Å². The standard InChI is InChI=1S/C14H30N2O2/c1-7-9-15-14(4,13(17)18-6)8-10-16(5)11-12(2)3/h12,15H,7-11H2,1-6H3. The molecule has 0 rings (SSSR count). The molecular weight excluding hydrogens is 228 g/mol. The van der Waals surface area contributed by atoms with Gasteiger partial charge in [0.25, 0.3) is 0 Å². The highest BCUT2D eigenvalue weighted by molar-refractivity contribution is 5.80. The summed E-state index contributed by atoms with van der Waals surface area (Å²) < 4.78 is 4.91. The minimum Gasteiger partial charge on any atom is -0.468 e. The summed E-state index contributed by atoms with van der Waals surface area (Å²) in [6.45, 7) is 11.2. The third kappa shape index (κ3) is 6.36. The summed E-state index contributed by atoms with van der Waals surface area (Å²) in [6, 6.07) is 0. The lowest BCUT2D eigenvalue weighted by Gasteiger charge is -2.30. The zero-order chi connectivity index (χ0) is 14.2. The molecule has 0 saturated heterocycles. The van der Waals surface area contributed by atoms with E-state index in [0.717, 1.165) is 32.5 Å². The molecule has 0 bridgehead atoms. The zero-order valence-corrected chi connectivity index (χ0v) is 12.9. The van der Waals surface area contributed by atoms with Gasteiger partial charge in [0, 0.05) is 13.1 Å². The van der Waals surface area contributed by atoms with Crippen molar-refractivity contribution < 1.29 is 9.53 Å². The Bertz CT molecular complexity index is 244. The number of carbonyl (C=O) groups excluding carboxylic acids is 1. The van der Waals surface area contributed by atoms with Crippen LogP contribution >= 0.6 is 0 Å². The molecule has 0 saturated carbocycles. The first-order valence-electron chi connectivity index (χ1n) is 6.87. The monoisotopic (exact) mass is 258 g/mol. The highest BCUT2D eigenvalue weighted by Gasteiger charge is 2.33. The molecule has 4 nitrogen and oxygen atoms in total. The van der Waals surface area contributed by atoms with E-state index < -0.39 is 5.54 Å². The predicted octanol–water partition coefficient (Wildman–Crippen LogP) is 1.90. The summed E-state index contributed by atoms with van der Waals surface area (Å²) >= 11 is 0. The van der Waals surface area contributed by atoms with Crippen molar-refractivity contribution in [3.05, 3.63) is 0 Å². The van der Waals surface area contributed by atoms with E-state index in [4.69, 9.17) is 4.74 Å². The Morgan fingerprint density at radius 3 is 2.50 bits per heavy atom. The molecule has 1 N–H and O–H groups in total. The number of nitrogens with one attached hydrogen (secondary N) is 1. The third-order valence-electron chi connectivity index (χ3n) is 3.07. The number of hydrogen-bond acceptors (Lipinski definition) is 4. The van der Waals surface area contributed by atoms with Gasteiger partial charge in [-0.3, -0.25) is 4.79 Å². The second-order valence-corrected chi connectivity index (χ2v) is 5.66. The van der Waals surface area contributed by atoms with Crippen molar-refractivity contribution in [1.82, 2.24) is 10.2 Å². The fourth-order valence-electron chi connectivity index (χ4n) is 2.02. The fourth-order valence-corrected chi connectivity index (χ4v) is 2.02. The van der Waals surface area contributed by atoms with Crippen molar-refractivity contribution in [2.75, 3.05) is 33.8 Å². The lowest BCUT2D eigenvalue weighted by atomic mass is 9.97. The van der Waals surface area contributed by atoms with Gasteiger partial charge in [-0.1, -0.05) is 20.8 Å². The Hall–Kier alpha value is -0.610. The number of nitrogens with zero attached hydrogens (tertiary/aromatic N) is 1. The lowest BCUT2D eigenvalue weighted by Crippen LogP contribution is -2.52. The number of hydrogen-bond donors (Lipinski definition) is 1. The number of methoxy groups -OCH3 is 1. The average Bonchev–Trinajstić information content (AvgIpc) is 2.32. The van der Waals surface area contributed by atoms with Gasteiger partial charge in [-0.15, -0.1) is 0 Å². The number of carbonyl (C=O) groups is 1. The molecule has 0 heterocycles. The summed E-state index contributed by atoms with van der Waals surface area (Å²) in [5, 5.41) is 3.30. The molecule has 0 amide bonds. The molecule has 0 aliphatic heterocycles. The van der Waals surface area contributed by atoms with Crippen LogP contribution in [0.15, 0.2) is 0 Å². The quantitative estimate of drug-likeness (QED) is 0.641. The van der Waals surface area contributed by atoms with Gasteiger partial charge < -0.3 is 15.0 Å². The highest BCUT2D eigenvalue weighted by Crippen LogP contribution is 2.13. The maximum absolute atomic E-state index is 11.9. The Labute approximate surface area is 112 Å². The maximum atomic E-state index is 11.9. The smallest absolute Gasteiger partial charge is 0.325 e. The van der Waals surface area contributed by atoms with Crippen LogP contribution < -0.4 is 5.32 Å². The normalized spacial score (nSPS) is 14.9. The number of rotatable bonds is 9. The first-order chi connectivity index (χ1) is 8.35. The fraction of sp³-hybridized carbons (Fsp3) is 0.929. The van der Waals surface area contributed by atoms with Crippen LogP contribution in [0.2, 0.25) is 0 Å². The Morgan fingerprint density at radius 1 is 1.44 bits per heavy atom. The van der Waals surface area contributed by atoms with E-state index in [-0.39, 0.29) is 5.97 Å². The van der Waals surface area contributed by atoms with Crippen LogP contribution in [-0.2, 0) is 9.53 Å². The summed E-state index contributed by atoms with van der Waals surface area (Å²) in [6.07, 6.45) is 1.78. The van der Waals surface area contributed by atoms with E-state index in [1.54, 1.807) is 0 Å². The first kappa shape index (κ1) is 17.4. The highest BCUT2D eigenvalue weighted by atomic mass is 16.5. The second kappa shape index (κ2) is 8.48. The first-order valence-corrected chi connectivity index (χ1v) is 6.87. The number of esters is 1. The predicted molar refractivity (Wildman–Crippen MR) is 75.7 cm³/mol. The van der Waals surface area contributed by atoms with Crippen molar-refractivity contribution in [2.45, 2.75) is 46.1 Å². The number of ether oxygens (including phenoxy) is 1. The average molecular weight is 258 g/mol. The Balaban J connectivity index is 4.36. The summed E-state index contributed by atoms with van der Waals surface area (Å²) in [5.41, 5.74) is -0.573. The minimum absolute atomic E-state index is 0.172. The van der Waals surface area contributed by atoms with Crippen molar-refractivity contribution in [1.29, 1.82) is 0 Å². The van der Waals surface area contributed by atoms with Crippen LogP contribution in [0.5, 0.6) is 0 Å². The summed E-state index contributed by atoms with van der Waals surface area (Å²) in [4.78, 5) is 14.1. The van der Waals surface area contributed by atoms with Crippen LogP contribution in [0, 0.1) is 5.92 Å². The van der Waals surface area contributed by atoms with E-state index in [1.807, 2.05) is 6.92 Å². The summed E-state index contributed by atoms with van der Waals surface area (Å²) in [5.74, 6) is 0.469. The molecule has 0 spiro atoms. The van der Waals surface area contributed by atoms with Gasteiger partial charge in [0.1, 0.15) is 5.54 Å². The molecule has 18 heavy (non-hydrogen) atoms. The zero-order valence-electron chi connectivity index (χ0n) is 12.9. The van der Waals surface area contributed by atoms with Gasteiger partial charge >= 0.3 is 5.97 Å². The van der Waals surface area contributed by atoms with Gasteiger partial charge in [-0.2, -0.15) is 0 Å². The Kier molecular flexibility index (Phi) is 8.20. The largest absolute Gasteiger partial charge is 0.468 e. The van der Waals surface area contributed by atoms with Crippen LogP contribution in [0.25, 0.3) is 0 Å². The summed E-state index contributed by atoms with van der Waals surface area (Å²) in [7, 11) is 3.55. The van der Waals surface area contributed by atoms with E-state index in [2.05, 4.69) is 38.0 Å². The molecule has 0 aliphatic carbocycles. The van der Waals surface area contributed by atoms with E-state index >= 15 is 0 Å². The third-order valence-corrected chi connectivity index (χ3v) is 3.07. The SMILES string of the molecule is CCCNC(C)(CCN(C)CC(C)C)C(=O)OC. The van der Waals surface area contributed by atoms with Crippen LogP contribution in [0.4, 0.5) is 0 Å². The van der Waals surface area contributed by atoms with E-state index in [9.17, 15) is 4.79 Å². The van der Waals surface area contributed by atoms with Crippen LogP contribution in [-0.4, -0.2) is 50.2 Å². The van der Waals surface area contributed by atoms with Crippen LogP contribution in [0.1, 0.15) is 40.5 Å². The Morgan fingerprint density at radius 2 is 2.06 bits per heavy atom. The molecular formula is C14H30N2O2. The van der Waals surface area contributed by atoms with Gasteiger partial charge in [-0.05, 0) is 39.3 Å². The van der Waals surface area contributed by atoms with Gasteiger partial charge in [0.15, 0.2) is 0 Å².